The molecule has 1 fully saturated rings. The molecule has 1 atom stereocenters. The van der Waals surface area contributed by atoms with Gasteiger partial charge in [0.15, 0.2) is 6.29 Å². The Hall–Kier alpha value is -2.43. The first-order valence-corrected chi connectivity index (χ1v) is 25.5. The first kappa shape index (κ1) is 56.6. The van der Waals surface area contributed by atoms with Gasteiger partial charge in [0.05, 0.1) is 12.3 Å². The largest absolute Gasteiger partial charge is 0.465 e. The summed E-state index contributed by atoms with van der Waals surface area (Å²) in [5.41, 5.74) is 0. The normalized spacial score (nSPS) is 14.0. The molecule has 1 amide bonds. The topological polar surface area (TPSA) is 113 Å². The number of esters is 2. The van der Waals surface area contributed by atoms with E-state index < -0.39 is 18.3 Å². The van der Waals surface area contributed by atoms with Crippen molar-refractivity contribution in [3.63, 3.8) is 0 Å². The van der Waals surface area contributed by atoms with Crippen molar-refractivity contribution in [2.75, 3.05) is 59.2 Å². The van der Waals surface area contributed by atoms with Crippen LogP contribution in [0.3, 0.4) is 0 Å². The zero-order valence-corrected chi connectivity index (χ0v) is 39.8. The van der Waals surface area contributed by atoms with Gasteiger partial charge in [0.25, 0.3) is 0 Å². The van der Waals surface area contributed by atoms with E-state index in [1.54, 1.807) is 0 Å². The molecular weight excluding hydrogens is 769 g/mol. The predicted molar refractivity (Wildman–Crippen MR) is 251 cm³/mol. The quantitative estimate of drug-likeness (QED) is 0.0210. The van der Waals surface area contributed by atoms with Crippen molar-refractivity contribution in [3.8, 4) is 0 Å². The molecule has 1 heterocycles. The lowest BCUT2D eigenvalue weighted by molar-refractivity contribution is -0.161. The number of nitrogens with zero attached hydrogens (tertiary/aromatic N) is 1. The van der Waals surface area contributed by atoms with Crippen LogP contribution >= 0.6 is 0 Å². The van der Waals surface area contributed by atoms with E-state index in [-0.39, 0.29) is 38.2 Å². The summed E-state index contributed by atoms with van der Waals surface area (Å²) < 4.78 is 29.0. The van der Waals surface area contributed by atoms with Gasteiger partial charge in [0, 0.05) is 32.6 Å². The van der Waals surface area contributed by atoms with E-state index in [1.165, 1.54) is 96.3 Å². The Morgan fingerprint density at radius 2 is 1.03 bits per heavy atom. The second kappa shape index (κ2) is 44.2. The van der Waals surface area contributed by atoms with Crippen LogP contribution in [0.5, 0.6) is 0 Å². The Morgan fingerprint density at radius 1 is 0.541 bits per heavy atom. The highest BCUT2D eigenvalue weighted by atomic mass is 16.7. The van der Waals surface area contributed by atoms with Gasteiger partial charge in [0.2, 0.25) is 0 Å². The highest BCUT2D eigenvalue weighted by Crippen LogP contribution is 2.14. The average molecular weight is 863 g/mol. The number of unbranched alkanes of at least 4 members (excludes halogenated alkanes) is 18. The van der Waals surface area contributed by atoms with Gasteiger partial charge < -0.3 is 33.9 Å². The fourth-order valence-corrected chi connectivity index (χ4v) is 7.36. The summed E-state index contributed by atoms with van der Waals surface area (Å²) in [5, 5.41) is 2.84. The monoisotopic (exact) mass is 863 g/mol. The van der Waals surface area contributed by atoms with Crippen molar-refractivity contribution in [1.82, 2.24) is 10.2 Å². The number of carbonyl (C=O) groups is 3. The van der Waals surface area contributed by atoms with Crippen LogP contribution in [0.2, 0.25) is 0 Å². The van der Waals surface area contributed by atoms with Crippen molar-refractivity contribution >= 4 is 18.0 Å². The molecule has 1 saturated heterocycles. The third-order valence-electron chi connectivity index (χ3n) is 11.3. The van der Waals surface area contributed by atoms with Gasteiger partial charge in [-0.2, -0.15) is 0 Å². The van der Waals surface area contributed by atoms with E-state index in [0.717, 1.165) is 96.7 Å². The highest BCUT2D eigenvalue weighted by Gasteiger charge is 2.19. The molecule has 0 aliphatic carbocycles. The molecular formula is C51H94N2O8. The maximum absolute atomic E-state index is 13.0. The summed E-state index contributed by atoms with van der Waals surface area (Å²) >= 11 is 0. The van der Waals surface area contributed by atoms with Crippen LogP contribution in [-0.4, -0.2) is 88.4 Å². The SMILES string of the molecule is CCCCC/C=C\C/C=C\CCCCCCCC(=O)OCC(COC(=O)CCC(OCCCCCCCC)OCCCCCCCC)COC(=O)NCCCN1CCCCC1. The number of rotatable bonds is 43. The molecule has 0 bridgehead atoms. The molecule has 0 aromatic heterocycles. The minimum Gasteiger partial charge on any atom is -0.465 e. The molecule has 0 spiro atoms. The molecule has 1 aliphatic rings. The van der Waals surface area contributed by atoms with Gasteiger partial charge in [-0.25, -0.2) is 4.79 Å². The Balaban J connectivity index is 2.51. The minimum absolute atomic E-state index is 0.0139. The van der Waals surface area contributed by atoms with Crippen LogP contribution in [0.4, 0.5) is 4.79 Å². The van der Waals surface area contributed by atoms with E-state index in [0.29, 0.717) is 32.6 Å². The van der Waals surface area contributed by atoms with Gasteiger partial charge in [-0.15, -0.1) is 0 Å². The summed E-state index contributed by atoms with van der Waals surface area (Å²) in [6, 6.07) is 0. The van der Waals surface area contributed by atoms with Crippen molar-refractivity contribution in [2.45, 2.75) is 220 Å². The lowest BCUT2D eigenvalue weighted by atomic mass is 10.1. The van der Waals surface area contributed by atoms with E-state index in [2.05, 4.69) is 55.3 Å². The molecule has 1 aliphatic heterocycles. The van der Waals surface area contributed by atoms with Crippen LogP contribution in [0, 0.1) is 5.92 Å². The summed E-state index contributed by atoms with van der Waals surface area (Å²) in [5.74, 6) is -1.13. The van der Waals surface area contributed by atoms with Crippen LogP contribution in [0.1, 0.15) is 213 Å². The van der Waals surface area contributed by atoms with Crippen molar-refractivity contribution in [3.05, 3.63) is 24.3 Å². The van der Waals surface area contributed by atoms with E-state index in [9.17, 15) is 14.4 Å². The molecule has 0 aromatic rings. The maximum atomic E-state index is 13.0. The van der Waals surface area contributed by atoms with Crippen molar-refractivity contribution in [2.24, 2.45) is 5.92 Å². The predicted octanol–water partition coefficient (Wildman–Crippen LogP) is 13.0. The Kier molecular flexibility index (Phi) is 41.0. The first-order valence-electron chi connectivity index (χ1n) is 25.5. The molecule has 1 unspecified atom stereocenters. The molecule has 10 heteroatoms. The molecule has 0 radical (unpaired) electrons. The number of allylic oxidation sites excluding steroid dienone is 4. The number of carbonyl (C=O) groups excluding carboxylic acids is 3. The first-order chi connectivity index (χ1) is 30.0. The van der Waals surface area contributed by atoms with Gasteiger partial charge >= 0.3 is 18.0 Å². The number of hydrogen-bond acceptors (Lipinski definition) is 9. The van der Waals surface area contributed by atoms with E-state index in [1.807, 2.05) is 0 Å². The summed E-state index contributed by atoms with van der Waals surface area (Å²) in [6.45, 7) is 11.6. The van der Waals surface area contributed by atoms with E-state index in [4.69, 9.17) is 23.7 Å². The van der Waals surface area contributed by atoms with Gasteiger partial charge in [0.1, 0.15) is 19.8 Å². The van der Waals surface area contributed by atoms with Gasteiger partial charge in [-0.3, -0.25) is 9.59 Å². The lowest BCUT2D eigenvalue weighted by Crippen LogP contribution is -2.34. The number of likely N-dealkylation sites (tertiary alicyclic amines) is 1. The number of alkyl carbamates (subject to hydrolysis) is 1. The number of hydrogen-bond donors (Lipinski definition) is 1. The molecule has 356 valence electrons. The highest BCUT2D eigenvalue weighted by molar-refractivity contribution is 5.70. The fourth-order valence-electron chi connectivity index (χ4n) is 7.36. The summed E-state index contributed by atoms with van der Waals surface area (Å²) in [6.07, 6.45) is 40.1. The second-order valence-corrected chi connectivity index (χ2v) is 17.2. The van der Waals surface area contributed by atoms with Gasteiger partial charge in [-0.05, 0) is 90.3 Å². The number of ether oxygens (including phenoxy) is 5. The molecule has 0 saturated carbocycles. The number of piperidine rings is 1. The molecule has 1 N–H and O–H groups in total. The average Bonchev–Trinajstić information content (AvgIpc) is 3.27. The van der Waals surface area contributed by atoms with Crippen LogP contribution in [-0.2, 0) is 33.3 Å². The third kappa shape index (κ3) is 38.9. The zero-order valence-electron chi connectivity index (χ0n) is 39.8. The fraction of sp³-hybridized carbons (Fsp3) is 0.863. The van der Waals surface area contributed by atoms with Crippen molar-refractivity contribution < 1.29 is 38.1 Å². The van der Waals surface area contributed by atoms with Crippen LogP contribution in [0.15, 0.2) is 24.3 Å². The Morgan fingerprint density at radius 3 is 1.64 bits per heavy atom. The van der Waals surface area contributed by atoms with Crippen LogP contribution < -0.4 is 5.32 Å². The zero-order chi connectivity index (χ0) is 44.1. The van der Waals surface area contributed by atoms with E-state index >= 15 is 0 Å². The third-order valence-corrected chi connectivity index (χ3v) is 11.3. The Bertz CT molecular complexity index is 1050. The van der Waals surface area contributed by atoms with Crippen LogP contribution in [0.25, 0.3) is 0 Å². The number of nitrogens with one attached hydrogen (secondary N) is 1. The lowest BCUT2D eigenvalue weighted by Gasteiger charge is -2.26. The second-order valence-electron chi connectivity index (χ2n) is 17.2. The molecule has 0 aromatic carbocycles. The molecule has 61 heavy (non-hydrogen) atoms. The molecule has 10 nitrogen and oxygen atoms in total. The minimum atomic E-state index is -0.515. The molecule has 1 rings (SSSR count). The standard InChI is InChI=1S/C51H94N2O8/c1-4-7-10-13-16-17-18-19-20-21-22-23-24-25-29-35-48(54)59-44-47(46-61-51(56)52-38-34-41-53-39-30-28-31-40-53)45-60-49(55)36-37-50(57-42-32-26-14-11-8-5-2)58-43-33-27-15-12-9-6-3/h16-17,19-20,47,50H,4-15,18,21-46H2,1-3H3,(H,52,56)/b17-16-,20-19-. The van der Waals surface area contributed by atoms with Crippen molar-refractivity contribution in [1.29, 1.82) is 0 Å². The number of amides is 1. The Labute approximate surface area is 374 Å². The van der Waals surface area contributed by atoms with Gasteiger partial charge in [-0.1, -0.05) is 148 Å². The maximum Gasteiger partial charge on any atom is 0.407 e. The smallest absolute Gasteiger partial charge is 0.407 e. The summed E-state index contributed by atoms with van der Waals surface area (Å²) in [4.78, 5) is 40.7. The summed E-state index contributed by atoms with van der Waals surface area (Å²) in [7, 11) is 0.